The number of nitrogens with zero attached hydrogens (tertiary/aromatic N) is 1. The predicted octanol–water partition coefficient (Wildman–Crippen LogP) is 0.907. The highest BCUT2D eigenvalue weighted by atomic mass is 16.5. The number of esters is 1. The molecule has 1 saturated heterocycles. The third-order valence-electron chi connectivity index (χ3n) is 4.04. The summed E-state index contributed by atoms with van der Waals surface area (Å²) in [5, 5.41) is 1.19. The molecule has 3 N–H and O–H groups in total. The van der Waals surface area contributed by atoms with Crippen molar-refractivity contribution in [2.45, 2.75) is 38.8 Å². The molecular formula is C17H23N3O5. The first-order valence-corrected chi connectivity index (χ1v) is 8.15. The molecule has 0 aromatic heterocycles. The maximum atomic E-state index is 12.8. The molecule has 2 rings (SSSR count). The lowest BCUT2D eigenvalue weighted by molar-refractivity contribution is -0.154. The second-order valence-electron chi connectivity index (χ2n) is 5.62. The number of hydrogen-bond donors (Lipinski definition) is 2. The number of carbonyl (C=O) groups is 3. The molecule has 0 radical (unpaired) electrons. The summed E-state index contributed by atoms with van der Waals surface area (Å²) in [5.74, 6) is -0.631. The van der Waals surface area contributed by atoms with E-state index in [9.17, 15) is 14.4 Å². The van der Waals surface area contributed by atoms with Gasteiger partial charge in [0.05, 0.1) is 19.8 Å². The Bertz CT molecular complexity index is 676. The number of Topliss-reactive ketones (excluding diaryl/α,β-unsaturated/α-hetero) is 1. The predicted molar refractivity (Wildman–Crippen MR) is 90.8 cm³/mol. The molecule has 136 valence electrons. The van der Waals surface area contributed by atoms with Crippen LogP contribution >= 0.6 is 0 Å². The third kappa shape index (κ3) is 3.90. The van der Waals surface area contributed by atoms with Gasteiger partial charge in [0.1, 0.15) is 11.8 Å². The van der Waals surface area contributed by atoms with Crippen molar-refractivity contribution in [2.24, 2.45) is 0 Å². The van der Waals surface area contributed by atoms with Crippen LogP contribution in [0.5, 0.6) is 5.75 Å². The van der Waals surface area contributed by atoms with Crippen molar-refractivity contribution in [2.75, 3.05) is 19.5 Å². The highest BCUT2D eigenvalue weighted by molar-refractivity contribution is 6.05. The van der Waals surface area contributed by atoms with Crippen molar-refractivity contribution in [3.05, 3.63) is 23.8 Å². The molecule has 1 fully saturated rings. The summed E-state index contributed by atoms with van der Waals surface area (Å²) in [4.78, 5) is 37.1. The number of anilines is 1. The van der Waals surface area contributed by atoms with Crippen LogP contribution in [0, 0.1) is 0 Å². The number of nitrogens with two attached hydrogens (primary N) is 1. The van der Waals surface area contributed by atoms with Crippen molar-refractivity contribution in [1.29, 1.82) is 0 Å². The SMILES string of the molecule is CCOC(=O)C1CC(C(=O)c2cc(OC)ccc2N)NN1C(=O)CC. The van der Waals surface area contributed by atoms with Crippen molar-refractivity contribution in [3.63, 3.8) is 0 Å². The van der Waals surface area contributed by atoms with Crippen LogP contribution in [0.2, 0.25) is 0 Å². The molecule has 8 nitrogen and oxygen atoms in total. The molecule has 0 aliphatic carbocycles. The molecule has 0 bridgehead atoms. The van der Waals surface area contributed by atoms with Gasteiger partial charge in [0, 0.05) is 24.1 Å². The molecule has 1 aliphatic heterocycles. The van der Waals surface area contributed by atoms with Crippen LogP contribution in [0.25, 0.3) is 0 Å². The van der Waals surface area contributed by atoms with Gasteiger partial charge in [-0.1, -0.05) is 6.92 Å². The average molecular weight is 349 g/mol. The van der Waals surface area contributed by atoms with Gasteiger partial charge in [-0.25, -0.2) is 10.2 Å². The van der Waals surface area contributed by atoms with Crippen LogP contribution in [0.3, 0.4) is 0 Å². The zero-order valence-electron chi connectivity index (χ0n) is 14.6. The van der Waals surface area contributed by atoms with Crippen molar-refractivity contribution >= 4 is 23.3 Å². The van der Waals surface area contributed by atoms with Crippen LogP contribution < -0.4 is 15.9 Å². The van der Waals surface area contributed by atoms with Gasteiger partial charge in [-0.2, -0.15) is 0 Å². The molecule has 1 amide bonds. The van der Waals surface area contributed by atoms with Gasteiger partial charge in [-0.15, -0.1) is 0 Å². The summed E-state index contributed by atoms with van der Waals surface area (Å²) in [6, 6.07) is 3.19. The van der Waals surface area contributed by atoms with E-state index in [1.54, 1.807) is 32.0 Å². The number of ether oxygens (including phenoxy) is 2. The minimum Gasteiger partial charge on any atom is -0.497 e. The molecule has 1 aromatic rings. The van der Waals surface area contributed by atoms with Crippen LogP contribution in [0.1, 0.15) is 37.0 Å². The summed E-state index contributed by atoms with van der Waals surface area (Å²) in [6.07, 6.45) is 0.325. The molecule has 8 heteroatoms. The maximum Gasteiger partial charge on any atom is 0.330 e. The van der Waals surface area contributed by atoms with E-state index in [2.05, 4.69) is 5.43 Å². The van der Waals surface area contributed by atoms with Crippen LogP contribution in [-0.2, 0) is 14.3 Å². The fraction of sp³-hybridized carbons (Fsp3) is 0.471. The van der Waals surface area contributed by atoms with Gasteiger partial charge in [0.2, 0.25) is 5.91 Å². The van der Waals surface area contributed by atoms with Crippen molar-refractivity contribution in [3.8, 4) is 5.75 Å². The number of hydrogen-bond acceptors (Lipinski definition) is 7. The van der Waals surface area contributed by atoms with E-state index in [1.807, 2.05) is 0 Å². The van der Waals surface area contributed by atoms with E-state index >= 15 is 0 Å². The second kappa shape index (κ2) is 7.98. The van der Waals surface area contributed by atoms with E-state index < -0.39 is 18.1 Å². The summed E-state index contributed by atoms with van der Waals surface area (Å²) < 4.78 is 10.1. The number of hydrazine groups is 1. The Kier molecular flexibility index (Phi) is 5.97. The molecule has 25 heavy (non-hydrogen) atoms. The van der Waals surface area contributed by atoms with Gasteiger partial charge < -0.3 is 15.2 Å². The van der Waals surface area contributed by atoms with Gasteiger partial charge in [-0.05, 0) is 25.1 Å². The second-order valence-corrected chi connectivity index (χ2v) is 5.62. The smallest absolute Gasteiger partial charge is 0.330 e. The molecule has 2 atom stereocenters. The zero-order chi connectivity index (χ0) is 18.6. The minimum absolute atomic E-state index is 0.125. The Labute approximate surface area is 146 Å². The summed E-state index contributed by atoms with van der Waals surface area (Å²) in [6.45, 7) is 3.57. The van der Waals surface area contributed by atoms with Crippen LogP contribution in [0.4, 0.5) is 5.69 Å². The van der Waals surface area contributed by atoms with Crippen LogP contribution in [-0.4, -0.2) is 48.5 Å². The van der Waals surface area contributed by atoms with Gasteiger partial charge >= 0.3 is 5.97 Å². The third-order valence-corrected chi connectivity index (χ3v) is 4.04. The first kappa shape index (κ1) is 18.7. The summed E-state index contributed by atoms with van der Waals surface area (Å²) in [7, 11) is 1.49. The Balaban J connectivity index is 2.26. The van der Waals surface area contributed by atoms with Gasteiger partial charge in [0.25, 0.3) is 0 Å². The van der Waals surface area contributed by atoms with Crippen molar-refractivity contribution in [1.82, 2.24) is 10.4 Å². The maximum absolute atomic E-state index is 12.8. The summed E-state index contributed by atoms with van der Waals surface area (Å²) in [5.41, 5.74) is 9.32. The number of nitrogens with one attached hydrogen (secondary N) is 1. The monoisotopic (exact) mass is 349 g/mol. The lowest BCUT2D eigenvalue weighted by Gasteiger charge is -2.22. The lowest BCUT2D eigenvalue weighted by atomic mass is 9.98. The van der Waals surface area contributed by atoms with Crippen LogP contribution in [0.15, 0.2) is 18.2 Å². The Morgan fingerprint density at radius 1 is 1.32 bits per heavy atom. The molecule has 0 saturated carbocycles. The zero-order valence-corrected chi connectivity index (χ0v) is 14.6. The molecule has 1 aromatic carbocycles. The van der Waals surface area contributed by atoms with Gasteiger partial charge in [-0.3, -0.25) is 14.6 Å². The standard InChI is InChI=1S/C17H23N3O5/c1-4-15(21)20-14(17(23)25-5-2)9-13(19-20)16(22)11-8-10(24-3)6-7-12(11)18/h6-8,13-14,19H,4-5,9,18H2,1-3H3. The largest absolute Gasteiger partial charge is 0.497 e. The average Bonchev–Trinajstić information content (AvgIpc) is 3.06. The van der Waals surface area contributed by atoms with Gasteiger partial charge in [0.15, 0.2) is 5.78 Å². The Morgan fingerprint density at radius 3 is 2.64 bits per heavy atom. The number of nitrogen functional groups attached to an aromatic ring is 1. The highest BCUT2D eigenvalue weighted by Gasteiger charge is 2.43. The normalized spacial score (nSPS) is 19.6. The number of rotatable bonds is 6. The topological polar surface area (TPSA) is 111 Å². The number of carbonyl (C=O) groups excluding carboxylic acids is 3. The molecular weight excluding hydrogens is 326 g/mol. The molecule has 0 spiro atoms. The van der Waals surface area contributed by atoms with E-state index in [0.717, 1.165) is 0 Å². The Hall–Kier alpha value is -2.61. The first-order chi connectivity index (χ1) is 11.9. The van der Waals surface area contributed by atoms with Crippen molar-refractivity contribution < 1.29 is 23.9 Å². The van der Waals surface area contributed by atoms with E-state index in [1.165, 1.54) is 12.1 Å². The van der Waals surface area contributed by atoms with E-state index in [4.69, 9.17) is 15.2 Å². The number of amides is 1. The fourth-order valence-electron chi connectivity index (χ4n) is 2.72. The quantitative estimate of drug-likeness (QED) is 0.446. The lowest BCUT2D eigenvalue weighted by Crippen LogP contribution is -2.48. The minimum atomic E-state index is -0.840. The molecule has 1 aliphatic rings. The number of methoxy groups -OCH3 is 1. The number of ketones is 1. The summed E-state index contributed by atoms with van der Waals surface area (Å²) >= 11 is 0. The first-order valence-electron chi connectivity index (χ1n) is 8.15. The Morgan fingerprint density at radius 2 is 2.04 bits per heavy atom. The molecule has 2 unspecified atom stereocenters. The highest BCUT2D eigenvalue weighted by Crippen LogP contribution is 2.25. The van der Waals surface area contributed by atoms with E-state index in [-0.39, 0.29) is 36.7 Å². The van der Waals surface area contributed by atoms with E-state index in [0.29, 0.717) is 11.4 Å². The number of benzene rings is 1. The fourth-order valence-corrected chi connectivity index (χ4v) is 2.72. The molecule has 1 heterocycles.